The van der Waals surface area contributed by atoms with Crippen molar-refractivity contribution < 1.29 is 14.3 Å². The number of thioether (sulfide) groups is 1. The molecule has 10 heteroatoms. The van der Waals surface area contributed by atoms with E-state index in [0.29, 0.717) is 33.2 Å². The standard InChI is InChI=1S/C26H31N5O3S2/c1-26(2,3)16-6-11-19-20(13-27)24(36-21(19)12-16)28-23(32)15-35-25-30-29-22(31(25)4)14-34-18-9-7-17(33-5)8-10-18/h7-10,16H,6,11-12,14-15H2,1-5H3,(H,28,32). The predicted octanol–water partition coefficient (Wildman–Crippen LogP) is 5.22. The highest BCUT2D eigenvalue weighted by Crippen LogP contribution is 2.44. The van der Waals surface area contributed by atoms with Gasteiger partial charge in [-0.25, -0.2) is 0 Å². The van der Waals surface area contributed by atoms with Crippen molar-refractivity contribution in [1.29, 1.82) is 5.26 Å². The van der Waals surface area contributed by atoms with Gasteiger partial charge in [0.2, 0.25) is 5.91 Å². The number of hydrogen-bond acceptors (Lipinski definition) is 8. The number of rotatable bonds is 8. The molecule has 1 N–H and O–H groups in total. The van der Waals surface area contributed by atoms with Crippen molar-refractivity contribution in [3.05, 3.63) is 46.1 Å². The number of aromatic nitrogens is 3. The van der Waals surface area contributed by atoms with Crippen LogP contribution in [0.25, 0.3) is 0 Å². The Hall–Kier alpha value is -3.03. The maximum Gasteiger partial charge on any atom is 0.235 e. The molecule has 1 atom stereocenters. The summed E-state index contributed by atoms with van der Waals surface area (Å²) in [5, 5.41) is 22.4. The molecule has 190 valence electrons. The van der Waals surface area contributed by atoms with E-state index in [1.54, 1.807) is 18.4 Å². The number of carbonyl (C=O) groups is 1. The summed E-state index contributed by atoms with van der Waals surface area (Å²) in [6.45, 7) is 7.06. The Bertz CT molecular complexity index is 1270. The van der Waals surface area contributed by atoms with E-state index in [2.05, 4.69) is 42.4 Å². The molecule has 1 aromatic carbocycles. The summed E-state index contributed by atoms with van der Waals surface area (Å²) in [5.74, 6) is 2.70. The monoisotopic (exact) mass is 525 g/mol. The molecule has 0 saturated carbocycles. The second-order valence-corrected chi connectivity index (χ2v) is 11.9. The fraction of sp³-hybridized carbons (Fsp3) is 0.462. The van der Waals surface area contributed by atoms with Crippen LogP contribution in [0.5, 0.6) is 11.5 Å². The zero-order chi connectivity index (χ0) is 25.9. The minimum Gasteiger partial charge on any atom is -0.497 e. The van der Waals surface area contributed by atoms with Gasteiger partial charge >= 0.3 is 0 Å². The van der Waals surface area contributed by atoms with Crippen LogP contribution in [-0.2, 0) is 31.3 Å². The maximum atomic E-state index is 12.7. The number of thiophene rings is 1. The molecule has 0 saturated heterocycles. The molecular formula is C26H31N5O3S2. The highest BCUT2D eigenvalue weighted by Gasteiger charge is 2.32. The Kier molecular flexibility index (Phi) is 7.91. The number of nitriles is 1. The van der Waals surface area contributed by atoms with Crippen molar-refractivity contribution in [2.24, 2.45) is 18.4 Å². The highest BCUT2D eigenvalue weighted by molar-refractivity contribution is 7.99. The lowest BCUT2D eigenvalue weighted by Gasteiger charge is -2.33. The van der Waals surface area contributed by atoms with Crippen molar-refractivity contribution in [2.75, 3.05) is 18.2 Å². The van der Waals surface area contributed by atoms with Crippen LogP contribution in [0.1, 0.15) is 49.0 Å². The van der Waals surface area contributed by atoms with Crippen LogP contribution in [0.4, 0.5) is 5.00 Å². The van der Waals surface area contributed by atoms with Crippen molar-refractivity contribution >= 4 is 34.0 Å². The number of nitrogens with one attached hydrogen (secondary N) is 1. The van der Waals surface area contributed by atoms with Crippen molar-refractivity contribution in [3.63, 3.8) is 0 Å². The fourth-order valence-electron chi connectivity index (χ4n) is 4.24. The molecular weight excluding hydrogens is 494 g/mol. The lowest BCUT2D eigenvalue weighted by atomic mass is 9.72. The minimum atomic E-state index is -0.165. The van der Waals surface area contributed by atoms with Gasteiger partial charge in [0.1, 0.15) is 29.2 Å². The molecule has 3 aromatic rings. The zero-order valence-electron chi connectivity index (χ0n) is 21.3. The Labute approximate surface area is 220 Å². The molecule has 36 heavy (non-hydrogen) atoms. The lowest BCUT2D eigenvalue weighted by Crippen LogP contribution is -2.26. The normalized spacial score (nSPS) is 15.2. The molecule has 2 heterocycles. The highest BCUT2D eigenvalue weighted by atomic mass is 32.2. The number of amides is 1. The van der Waals surface area contributed by atoms with Gasteiger partial charge in [0.25, 0.3) is 0 Å². The van der Waals surface area contributed by atoms with Gasteiger partial charge in [0.05, 0.1) is 18.4 Å². The smallest absolute Gasteiger partial charge is 0.235 e. The molecule has 8 nitrogen and oxygen atoms in total. The van der Waals surface area contributed by atoms with Crippen LogP contribution in [0, 0.1) is 22.7 Å². The summed E-state index contributed by atoms with van der Waals surface area (Å²) < 4.78 is 12.8. The van der Waals surface area contributed by atoms with Crippen molar-refractivity contribution in [1.82, 2.24) is 14.8 Å². The molecule has 0 spiro atoms. The molecule has 0 fully saturated rings. The number of anilines is 1. The second-order valence-electron chi connectivity index (χ2n) is 9.88. The maximum absolute atomic E-state index is 12.7. The minimum absolute atomic E-state index is 0.165. The zero-order valence-corrected chi connectivity index (χ0v) is 22.9. The third kappa shape index (κ3) is 5.85. The Morgan fingerprint density at radius 3 is 2.67 bits per heavy atom. The molecule has 2 aromatic heterocycles. The summed E-state index contributed by atoms with van der Waals surface area (Å²) in [7, 11) is 3.47. The molecule has 1 amide bonds. The van der Waals surface area contributed by atoms with Gasteiger partial charge in [0, 0.05) is 11.9 Å². The first-order valence-corrected chi connectivity index (χ1v) is 13.6. The largest absolute Gasteiger partial charge is 0.497 e. The first kappa shape index (κ1) is 26.0. The molecule has 0 radical (unpaired) electrons. The Balaban J connectivity index is 1.34. The van der Waals surface area contributed by atoms with Crippen molar-refractivity contribution in [2.45, 2.75) is 51.8 Å². The fourth-order valence-corrected chi connectivity index (χ4v) is 6.26. The first-order chi connectivity index (χ1) is 17.2. The Morgan fingerprint density at radius 1 is 1.28 bits per heavy atom. The quantitative estimate of drug-likeness (QED) is 0.402. The number of nitrogens with zero attached hydrogens (tertiary/aromatic N) is 4. The van der Waals surface area contributed by atoms with Crippen LogP contribution >= 0.6 is 23.1 Å². The molecule has 1 unspecified atom stereocenters. The van der Waals surface area contributed by atoms with Crippen LogP contribution in [0.2, 0.25) is 0 Å². The average Bonchev–Trinajstić information content (AvgIpc) is 3.39. The topological polar surface area (TPSA) is 102 Å². The van der Waals surface area contributed by atoms with E-state index in [9.17, 15) is 10.1 Å². The van der Waals surface area contributed by atoms with Crippen LogP contribution in [0.15, 0.2) is 29.4 Å². The molecule has 0 aliphatic heterocycles. The lowest BCUT2D eigenvalue weighted by molar-refractivity contribution is -0.113. The predicted molar refractivity (Wildman–Crippen MR) is 142 cm³/mol. The van der Waals surface area contributed by atoms with Crippen LogP contribution < -0.4 is 14.8 Å². The third-order valence-corrected chi connectivity index (χ3v) is 8.73. The number of fused-ring (bicyclic) bond motifs is 1. The van der Waals surface area contributed by atoms with E-state index < -0.39 is 0 Å². The average molecular weight is 526 g/mol. The summed E-state index contributed by atoms with van der Waals surface area (Å²) in [5.41, 5.74) is 1.96. The van der Waals surface area contributed by atoms with Gasteiger partial charge in [-0.05, 0) is 60.4 Å². The van der Waals surface area contributed by atoms with E-state index >= 15 is 0 Å². The van der Waals surface area contributed by atoms with E-state index in [0.717, 1.165) is 30.6 Å². The van der Waals surface area contributed by atoms with Crippen LogP contribution in [-0.4, -0.2) is 33.5 Å². The second kappa shape index (κ2) is 10.9. The number of benzene rings is 1. The number of carbonyl (C=O) groups excluding carboxylic acids is 1. The van der Waals surface area contributed by atoms with E-state index in [1.807, 2.05) is 35.9 Å². The summed E-state index contributed by atoms with van der Waals surface area (Å²) in [6, 6.07) is 9.64. The first-order valence-electron chi connectivity index (χ1n) is 11.8. The third-order valence-electron chi connectivity index (χ3n) is 6.54. The van der Waals surface area contributed by atoms with E-state index in [4.69, 9.17) is 9.47 Å². The van der Waals surface area contributed by atoms with Gasteiger partial charge in [-0.1, -0.05) is 32.5 Å². The van der Waals surface area contributed by atoms with Crippen LogP contribution in [0.3, 0.4) is 0 Å². The number of ether oxygens (including phenoxy) is 2. The molecule has 1 aliphatic carbocycles. The van der Waals surface area contributed by atoms with Crippen molar-refractivity contribution in [3.8, 4) is 17.6 Å². The summed E-state index contributed by atoms with van der Waals surface area (Å²) in [6.07, 6.45) is 2.92. The number of methoxy groups -OCH3 is 1. The van der Waals surface area contributed by atoms with Gasteiger partial charge in [0.15, 0.2) is 11.0 Å². The summed E-state index contributed by atoms with van der Waals surface area (Å²) >= 11 is 2.85. The van der Waals surface area contributed by atoms with Gasteiger partial charge in [-0.2, -0.15) is 5.26 Å². The van der Waals surface area contributed by atoms with E-state index in [-0.39, 0.29) is 23.7 Å². The van der Waals surface area contributed by atoms with Gasteiger partial charge in [-0.3, -0.25) is 4.79 Å². The number of hydrogen-bond donors (Lipinski definition) is 1. The summed E-state index contributed by atoms with van der Waals surface area (Å²) in [4.78, 5) is 14.0. The SMILES string of the molecule is COc1ccc(OCc2nnc(SCC(=O)Nc3sc4c(c3C#N)CCC(C(C)(C)C)C4)n2C)cc1. The molecule has 4 rings (SSSR count). The van der Waals surface area contributed by atoms with Gasteiger partial charge in [-0.15, -0.1) is 21.5 Å². The Morgan fingerprint density at radius 2 is 2.00 bits per heavy atom. The molecule has 1 aliphatic rings. The van der Waals surface area contributed by atoms with Gasteiger partial charge < -0.3 is 19.4 Å². The van der Waals surface area contributed by atoms with E-state index in [1.165, 1.54) is 16.6 Å². The molecule has 0 bridgehead atoms.